The predicted octanol–water partition coefficient (Wildman–Crippen LogP) is 2.00. The van der Waals surface area contributed by atoms with Crippen molar-refractivity contribution in [1.82, 2.24) is 5.06 Å². The third-order valence-electron chi connectivity index (χ3n) is 1.55. The molecule has 16 heavy (non-hydrogen) atoms. The minimum atomic E-state index is -3.24. The summed E-state index contributed by atoms with van der Waals surface area (Å²) in [5, 5.41) is 9.54. The molecule has 0 bridgehead atoms. The fourth-order valence-corrected chi connectivity index (χ4v) is 2.21. The van der Waals surface area contributed by atoms with Gasteiger partial charge in [0, 0.05) is 12.7 Å². The van der Waals surface area contributed by atoms with Crippen LogP contribution in [0.3, 0.4) is 0 Å². The summed E-state index contributed by atoms with van der Waals surface area (Å²) in [7, 11) is -3.24. The normalized spacial score (nSPS) is 12.0. The van der Waals surface area contributed by atoms with E-state index in [0.717, 1.165) is 0 Å². The van der Waals surface area contributed by atoms with E-state index in [1.807, 2.05) is 0 Å². The van der Waals surface area contributed by atoms with Crippen LogP contribution >= 0.6 is 7.60 Å². The number of carbonyl (C=O) groups is 1. The highest BCUT2D eigenvalue weighted by atomic mass is 31.2. The van der Waals surface area contributed by atoms with Gasteiger partial charge in [-0.1, -0.05) is 6.08 Å². The molecule has 7 heteroatoms. The minimum absolute atomic E-state index is 0.0561. The molecule has 0 aliphatic rings. The van der Waals surface area contributed by atoms with Gasteiger partial charge in [-0.3, -0.25) is 14.6 Å². The van der Waals surface area contributed by atoms with Crippen molar-refractivity contribution in [2.24, 2.45) is 0 Å². The molecule has 1 amide bonds. The van der Waals surface area contributed by atoms with Gasteiger partial charge in [-0.25, -0.2) is 5.06 Å². The maximum Gasteiger partial charge on any atom is 0.353 e. The van der Waals surface area contributed by atoms with Gasteiger partial charge in [0.1, 0.15) is 0 Å². The number of carbonyl (C=O) groups excluding carboxylic acids is 1. The second-order valence-corrected chi connectivity index (χ2v) is 4.76. The van der Waals surface area contributed by atoms with Gasteiger partial charge in [0.2, 0.25) is 5.91 Å². The van der Waals surface area contributed by atoms with Gasteiger partial charge in [-0.15, -0.1) is 0 Å². The van der Waals surface area contributed by atoms with Crippen LogP contribution in [0, 0.1) is 0 Å². The second kappa shape index (κ2) is 7.57. The topological polar surface area (TPSA) is 76.1 Å². The first-order valence-corrected chi connectivity index (χ1v) is 6.59. The average Bonchev–Trinajstić information content (AvgIpc) is 2.17. The van der Waals surface area contributed by atoms with E-state index in [1.54, 1.807) is 13.8 Å². The van der Waals surface area contributed by atoms with E-state index < -0.39 is 13.5 Å². The zero-order valence-corrected chi connectivity index (χ0v) is 10.6. The number of hydroxylamine groups is 2. The lowest BCUT2D eigenvalue weighted by molar-refractivity contribution is -0.160. The minimum Gasteiger partial charge on any atom is -0.306 e. The van der Waals surface area contributed by atoms with Crippen LogP contribution in [-0.2, 0) is 18.4 Å². The quantitative estimate of drug-likeness (QED) is 0.425. The second-order valence-electron chi connectivity index (χ2n) is 2.86. The van der Waals surface area contributed by atoms with E-state index in [9.17, 15) is 9.36 Å². The van der Waals surface area contributed by atoms with E-state index >= 15 is 0 Å². The van der Waals surface area contributed by atoms with Crippen molar-refractivity contribution < 1.29 is 23.6 Å². The Hall–Kier alpha value is -0.680. The van der Waals surface area contributed by atoms with Crippen molar-refractivity contribution in [2.45, 2.75) is 20.8 Å². The highest BCUT2D eigenvalue weighted by molar-refractivity contribution is 7.57. The van der Waals surface area contributed by atoms with E-state index in [-0.39, 0.29) is 19.8 Å². The van der Waals surface area contributed by atoms with Crippen LogP contribution in [0.1, 0.15) is 20.8 Å². The molecule has 0 aromatic rings. The molecule has 0 aromatic heterocycles. The maximum atomic E-state index is 11.8. The van der Waals surface area contributed by atoms with Gasteiger partial charge in [0.25, 0.3) is 0 Å². The molecule has 94 valence electrons. The van der Waals surface area contributed by atoms with Crippen molar-refractivity contribution >= 4 is 13.5 Å². The Morgan fingerprint density at radius 1 is 1.38 bits per heavy atom. The summed E-state index contributed by atoms with van der Waals surface area (Å²) in [6, 6.07) is 0. The Morgan fingerprint density at radius 2 is 1.88 bits per heavy atom. The van der Waals surface area contributed by atoms with Crippen LogP contribution in [0.5, 0.6) is 0 Å². The highest BCUT2D eigenvalue weighted by Gasteiger charge is 2.18. The molecule has 0 spiro atoms. The van der Waals surface area contributed by atoms with Gasteiger partial charge in [0.05, 0.1) is 19.8 Å². The first-order valence-electron chi connectivity index (χ1n) is 4.98. The monoisotopic (exact) mass is 251 g/mol. The number of amides is 1. The van der Waals surface area contributed by atoms with Gasteiger partial charge in [-0.05, 0) is 13.8 Å². The Morgan fingerprint density at radius 3 is 2.25 bits per heavy atom. The number of nitrogens with zero attached hydrogens (tertiary/aromatic N) is 1. The molecule has 0 aliphatic heterocycles. The van der Waals surface area contributed by atoms with E-state index in [4.69, 9.17) is 14.3 Å². The van der Waals surface area contributed by atoms with E-state index in [2.05, 4.69) is 0 Å². The van der Waals surface area contributed by atoms with E-state index in [0.29, 0.717) is 5.06 Å². The predicted molar refractivity (Wildman–Crippen MR) is 59.2 cm³/mol. The molecule has 0 saturated carbocycles. The molecule has 0 aliphatic carbocycles. The molecule has 0 fully saturated rings. The lowest BCUT2D eigenvalue weighted by Crippen LogP contribution is -2.24. The molecule has 0 unspecified atom stereocenters. The first-order chi connectivity index (χ1) is 7.45. The van der Waals surface area contributed by atoms with Crippen LogP contribution in [0.25, 0.3) is 0 Å². The summed E-state index contributed by atoms with van der Waals surface area (Å²) in [6.07, 6.45) is 1.37. The molecule has 0 radical (unpaired) electrons. The molecule has 0 atom stereocenters. The van der Waals surface area contributed by atoms with Gasteiger partial charge >= 0.3 is 7.60 Å². The summed E-state index contributed by atoms with van der Waals surface area (Å²) in [4.78, 5) is 10.7. The standard InChI is InChI=1S/C9H18NO5P/c1-4-14-16(13,15-5-2)8-6-7-10(12)9(3)11/h6,8,12H,4-5,7H2,1-3H3/b8-6+. The zero-order chi connectivity index (χ0) is 12.6. The zero-order valence-electron chi connectivity index (χ0n) is 9.75. The molecule has 1 N–H and O–H groups in total. The number of hydrogen-bond acceptors (Lipinski definition) is 5. The Kier molecular flexibility index (Phi) is 7.25. The van der Waals surface area contributed by atoms with Crippen LogP contribution < -0.4 is 0 Å². The lowest BCUT2D eigenvalue weighted by atomic mass is 10.6. The van der Waals surface area contributed by atoms with Gasteiger partial charge in [-0.2, -0.15) is 0 Å². The molecule has 0 aromatic carbocycles. The summed E-state index contributed by atoms with van der Waals surface area (Å²) in [5.74, 6) is 0.749. The summed E-state index contributed by atoms with van der Waals surface area (Å²) >= 11 is 0. The lowest BCUT2D eigenvalue weighted by Gasteiger charge is -2.13. The average molecular weight is 251 g/mol. The first kappa shape index (κ1) is 15.3. The Bertz CT molecular complexity index is 282. The van der Waals surface area contributed by atoms with Gasteiger partial charge < -0.3 is 9.05 Å². The third kappa shape index (κ3) is 6.02. The van der Waals surface area contributed by atoms with Crippen LogP contribution in [0.2, 0.25) is 0 Å². The smallest absolute Gasteiger partial charge is 0.306 e. The van der Waals surface area contributed by atoms with Crippen molar-refractivity contribution in [3.63, 3.8) is 0 Å². The number of hydrogen-bond donors (Lipinski definition) is 1. The van der Waals surface area contributed by atoms with Crippen LogP contribution in [0.15, 0.2) is 11.9 Å². The molecular formula is C9H18NO5P. The van der Waals surface area contributed by atoms with Crippen molar-refractivity contribution in [3.05, 3.63) is 11.9 Å². The van der Waals surface area contributed by atoms with Crippen molar-refractivity contribution in [3.8, 4) is 0 Å². The highest BCUT2D eigenvalue weighted by Crippen LogP contribution is 2.49. The molecule has 6 nitrogen and oxygen atoms in total. The summed E-state index contributed by atoms with van der Waals surface area (Å²) < 4.78 is 21.8. The maximum absolute atomic E-state index is 11.8. The largest absolute Gasteiger partial charge is 0.353 e. The Balaban J connectivity index is 4.34. The third-order valence-corrected chi connectivity index (χ3v) is 3.36. The van der Waals surface area contributed by atoms with Crippen LogP contribution in [0.4, 0.5) is 0 Å². The van der Waals surface area contributed by atoms with Crippen molar-refractivity contribution in [1.29, 1.82) is 0 Å². The molecule has 0 rings (SSSR count). The fraction of sp³-hybridized carbons (Fsp3) is 0.667. The SMILES string of the molecule is CCOP(=O)(/C=C/CN(O)C(C)=O)OCC. The molecule has 0 saturated heterocycles. The van der Waals surface area contributed by atoms with Crippen LogP contribution in [-0.4, -0.2) is 35.9 Å². The summed E-state index contributed by atoms with van der Waals surface area (Å²) in [6.45, 7) is 5.09. The summed E-state index contributed by atoms with van der Waals surface area (Å²) in [5.41, 5.74) is 0. The van der Waals surface area contributed by atoms with Gasteiger partial charge in [0.15, 0.2) is 0 Å². The van der Waals surface area contributed by atoms with Crippen molar-refractivity contribution in [2.75, 3.05) is 19.8 Å². The Labute approximate surface area is 95.3 Å². The van der Waals surface area contributed by atoms with E-state index in [1.165, 1.54) is 18.8 Å². The number of rotatable bonds is 7. The fourth-order valence-electron chi connectivity index (χ4n) is 0.888. The molecular weight excluding hydrogens is 233 g/mol. The molecule has 0 heterocycles.